The minimum Gasteiger partial charge on any atom is -0.484 e. The van der Waals surface area contributed by atoms with Gasteiger partial charge in [0.25, 0.3) is 5.91 Å². The van der Waals surface area contributed by atoms with Crippen molar-refractivity contribution in [1.82, 2.24) is 15.3 Å². The minimum absolute atomic E-state index is 0.0788. The molecule has 1 aromatic heterocycles. The third kappa shape index (κ3) is 4.23. The number of aromatic nitrogens is 2. The van der Waals surface area contributed by atoms with Gasteiger partial charge in [-0.05, 0) is 36.4 Å². The molecule has 128 valence electrons. The maximum Gasteiger partial charge on any atom is 0.258 e. The Morgan fingerprint density at radius 2 is 1.88 bits per heavy atom. The molecule has 0 atom stereocenters. The van der Waals surface area contributed by atoms with E-state index in [4.69, 9.17) is 4.74 Å². The molecule has 0 radical (unpaired) electrons. The number of benzene rings is 2. The van der Waals surface area contributed by atoms with E-state index in [1.165, 1.54) is 0 Å². The van der Waals surface area contributed by atoms with Crippen molar-refractivity contribution in [3.63, 3.8) is 0 Å². The number of carbonyl (C=O) groups is 2. The standard InChI is InChI=1S/C19H19N3O3/c1-2-17(23)13-7-9-14(10-8-13)25-12-19(24)20-11-18-21-15-5-3-4-6-16(15)22-18/h3-10H,2,11-12H2,1H3,(H,20,24)(H,21,22). The first-order valence-electron chi connectivity index (χ1n) is 8.12. The first-order chi connectivity index (χ1) is 12.2. The first-order valence-corrected chi connectivity index (χ1v) is 8.12. The fourth-order valence-electron chi connectivity index (χ4n) is 2.41. The van der Waals surface area contributed by atoms with Crippen LogP contribution in [0.2, 0.25) is 0 Å². The Bertz CT molecular complexity index is 851. The van der Waals surface area contributed by atoms with Crippen LogP contribution in [0.15, 0.2) is 48.5 Å². The Morgan fingerprint density at radius 1 is 1.12 bits per heavy atom. The van der Waals surface area contributed by atoms with Crippen LogP contribution in [-0.4, -0.2) is 28.3 Å². The molecule has 3 rings (SSSR count). The van der Waals surface area contributed by atoms with Gasteiger partial charge in [0.1, 0.15) is 11.6 Å². The molecule has 0 saturated carbocycles. The predicted octanol–water partition coefficient (Wildman–Crippen LogP) is 2.85. The van der Waals surface area contributed by atoms with Crippen molar-refractivity contribution in [3.8, 4) is 5.75 Å². The van der Waals surface area contributed by atoms with E-state index in [-0.39, 0.29) is 18.3 Å². The van der Waals surface area contributed by atoms with Crippen LogP contribution in [0, 0.1) is 0 Å². The zero-order valence-corrected chi connectivity index (χ0v) is 13.9. The summed E-state index contributed by atoms with van der Waals surface area (Å²) >= 11 is 0. The zero-order chi connectivity index (χ0) is 17.6. The Kier molecular flexibility index (Phi) is 5.09. The molecule has 1 amide bonds. The number of imidazole rings is 1. The first kappa shape index (κ1) is 16.7. The highest BCUT2D eigenvalue weighted by Gasteiger charge is 2.07. The molecule has 6 heteroatoms. The number of hydrogen-bond acceptors (Lipinski definition) is 4. The van der Waals surface area contributed by atoms with Crippen LogP contribution >= 0.6 is 0 Å². The lowest BCUT2D eigenvalue weighted by atomic mass is 10.1. The van der Waals surface area contributed by atoms with Crippen molar-refractivity contribution in [2.75, 3.05) is 6.61 Å². The van der Waals surface area contributed by atoms with Gasteiger partial charge in [0.2, 0.25) is 0 Å². The Balaban J connectivity index is 1.48. The second-order valence-electron chi connectivity index (χ2n) is 5.57. The summed E-state index contributed by atoms with van der Waals surface area (Å²) in [5.74, 6) is 1.08. The third-order valence-electron chi connectivity index (χ3n) is 3.76. The lowest BCUT2D eigenvalue weighted by molar-refractivity contribution is -0.123. The van der Waals surface area contributed by atoms with Gasteiger partial charge in [0.05, 0.1) is 17.6 Å². The number of H-pyrrole nitrogens is 1. The van der Waals surface area contributed by atoms with Crippen LogP contribution in [0.4, 0.5) is 0 Å². The average Bonchev–Trinajstić information content (AvgIpc) is 3.07. The van der Waals surface area contributed by atoms with Gasteiger partial charge in [0.15, 0.2) is 12.4 Å². The lowest BCUT2D eigenvalue weighted by Crippen LogP contribution is -2.28. The Hall–Kier alpha value is -3.15. The van der Waals surface area contributed by atoms with E-state index in [1.54, 1.807) is 24.3 Å². The molecule has 25 heavy (non-hydrogen) atoms. The monoisotopic (exact) mass is 337 g/mol. The number of para-hydroxylation sites is 2. The molecule has 1 heterocycles. The summed E-state index contributed by atoms with van der Waals surface area (Å²) in [5.41, 5.74) is 2.44. The van der Waals surface area contributed by atoms with Crippen molar-refractivity contribution in [1.29, 1.82) is 0 Å². The van der Waals surface area contributed by atoms with Gasteiger partial charge < -0.3 is 15.0 Å². The quantitative estimate of drug-likeness (QED) is 0.649. The number of ketones is 1. The number of carbonyl (C=O) groups excluding carboxylic acids is 2. The van der Waals surface area contributed by atoms with E-state index in [1.807, 2.05) is 31.2 Å². The minimum atomic E-state index is -0.242. The van der Waals surface area contributed by atoms with Gasteiger partial charge >= 0.3 is 0 Å². The molecule has 0 fully saturated rings. The van der Waals surface area contributed by atoms with E-state index in [0.29, 0.717) is 30.1 Å². The number of hydrogen-bond donors (Lipinski definition) is 2. The molecule has 0 aliphatic carbocycles. The molecule has 0 bridgehead atoms. The summed E-state index contributed by atoms with van der Waals surface area (Å²) in [7, 11) is 0. The van der Waals surface area contributed by atoms with Crippen molar-refractivity contribution >= 4 is 22.7 Å². The second-order valence-corrected chi connectivity index (χ2v) is 5.57. The van der Waals surface area contributed by atoms with Crippen LogP contribution in [-0.2, 0) is 11.3 Å². The number of fused-ring (bicyclic) bond motifs is 1. The molecule has 3 aromatic rings. The summed E-state index contributed by atoms with van der Waals surface area (Å²) in [6.45, 7) is 2.03. The van der Waals surface area contributed by atoms with Gasteiger partial charge in [-0.25, -0.2) is 4.98 Å². The predicted molar refractivity (Wildman–Crippen MR) is 94.5 cm³/mol. The normalized spacial score (nSPS) is 10.6. The fourth-order valence-corrected chi connectivity index (χ4v) is 2.41. The van der Waals surface area contributed by atoms with E-state index in [2.05, 4.69) is 15.3 Å². The highest BCUT2D eigenvalue weighted by atomic mass is 16.5. The molecule has 0 spiro atoms. The Labute approximate surface area is 145 Å². The number of nitrogens with one attached hydrogen (secondary N) is 2. The van der Waals surface area contributed by atoms with Crippen LogP contribution in [0.1, 0.15) is 29.5 Å². The van der Waals surface area contributed by atoms with Crippen molar-refractivity contribution in [3.05, 3.63) is 59.9 Å². The van der Waals surface area contributed by atoms with Crippen LogP contribution in [0.25, 0.3) is 11.0 Å². The molecule has 2 aromatic carbocycles. The van der Waals surface area contributed by atoms with Crippen LogP contribution in [0.3, 0.4) is 0 Å². The number of aromatic amines is 1. The fraction of sp³-hybridized carbons (Fsp3) is 0.211. The maximum absolute atomic E-state index is 11.9. The van der Waals surface area contributed by atoms with E-state index in [0.717, 1.165) is 11.0 Å². The smallest absolute Gasteiger partial charge is 0.258 e. The van der Waals surface area contributed by atoms with E-state index >= 15 is 0 Å². The summed E-state index contributed by atoms with van der Waals surface area (Å²) in [6.07, 6.45) is 0.463. The van der Waals surface area contributed by atoms with Crippen LogP contribution in [0.5, 0.6) is 5.75 Å². The number of nitrogens with zero attached hydrogens (tertiary/aromatic N) is 1. The third-order valence-corrected chi connectivity index (χ3v) is 3.76. The SMILES string of the molecule is CCC(=O)c1ccc(OCC(=O)NCc2nc3ccccc3[nH]2)cc1. The van der Waals surface area contributed by atoms with Crippen molar-refractivity contribution in [2.45, 2.75) is 19.9 Å². The molecule has 0 aliphatic rings. The lowest BCUT2D eigenvalue weighted by Gasteiger charge is -2.07. The largest absolute Gasteiger partial charge is 0.484 e. The van der Waals surface area contributed by atoms with Gasteiger partial charge in [0, 0.05) is 12.0 Å². The number of amides is 1. The second kappa shape index (κ2) is 7.61. The topological polar surface area (TPSA) is 84.1 Å². The molecular weight excluding hydrogens is 318 g/mol. The molecule has 6 nitrogen and oxygen atoms in total. The summed E-state index contributed by atoms with van der Waals surface area (Å²) in [4.78, 5) is 31.0. The van der Waals surface area contributed by atoms with Gasteiger partial charge in [-0.15, -0.1) is 0 Å². The number of rotatable bonds is 7. The number of ether oxygens (including phenoxy) is 1. The van der Waals surface area contributed by atoms with Gasteiger partial charge in [-0.3, -0.25) is 9.59 Å². The van der Waals surface area contributed by atoms with Crippen LogP contribution < -0.4 is 10.1 Å². The summed E-state index contributed by atoms with van der Waals surface area (Å²) < 4.78 is 5.43. The zero-order valence-electron chi connectivity index (χ0n) is 13.9. The summed E-state index contributed by atoms with van der Waals surface area (Å²) in [5, 5.41) is 2.76. The Morgan fingerprint density at radius 3 is 2.60 bits per heavy atom. The maximum atomic E-state index is 11.9. The highest BCUT2D eigenvalue weighted by Crippen LogP contribution is 2.13. The molecule has 0 aliphatic heterocycles. The molecule has 2 N–H and O–H groups in total. The van der Waals surface area contributed by atoms with Gasteiger partial charge in [-0.2, -0.15) is 0 Å². The molecule has 0 unspecified atom stereocenters. The number of Topliss-reactive ketones (excluding diaryl/α,β-unsaturated/α-hetero) is 1. The van der Waals surface area contributed by atoms with Gasteiger partial charge in [-0.1, -0.05) is 19.1 Å². The van der Waals surface area contributed by atoms with E-state index in [9.17, 15) is 9.59 Å². The highest BCUT2D eigenvalue weighted by molar-refractivity contribution is 5.95. The molecular formula is C19H19N3O3. The summed E-state index contributed by atoms with van der Waals surface area (Å²) in [6, 6.07) is 14.5. The molecule has 0 saturated heterocycles. The average molecular weight is 337 g/mol. The van der Waals surface area contributed by atoms with Crippen molar-refractivity contribution in [2.24, 2.45) is 0 Å². The van der Waals surface area contributed by atoms with Crippen molar-refractivity contribution < 1.29 is 14.3 Å². The van der Waals surface area contributed by atoms with E-state index < -0.39 is 0 Å².